The lowest BCUT2D eigenvalue weighted by Gasteiger charge is -2.17. The van der Waals surface area contributed by atoms with Crippen LogP contribution >= 0.6 is 0 Å². The van der Waals surface area contributed by atoms with E-state index in [9.17, 15) is 13.2 Å². The first-order chi connectivity index (χ1) is 9.41. The molecule has 5 nitrogen and oxygen atoms in total. The van der Waals surface area contributed by atoms with Crippen molar-refractivity contribution in [1.82, 2.24) is 4.31 Å². The average molecular weight is 293 g/mol. The quantitative estimate of drug-likeness (QED) is 0.636. The summed E-state index contributed by atoms with van der Waals surface area (Å²) < 4.78 is 25.7. The van der Waals surface area contributed by atoms with Crippen molar-refractivity contribution in [3.05, 3.63) is 35.9 Å². The van der Waals surface area contributed by atoms with Gasteiger partial charge in [0.15, 0.2) is 0 Å². The smallest absolute Gasteiger partial charge is 0.328 e. The summed E-state index contributed by atoms with van der Waals surface area (Å²) in [6, 6.07) is 5.93. The molecule has 1 rings (SSSR count). The van der Waals surface area contributed by atoms with Crippen LogP contribution < -0.4 is 0 Å². The molecule has 1 aromatic rings. The maximum Gasteiger partial charge on any atom is 0.328 e. The number of nitrogens with zero attached hydrogens (tertiary/aromatic N) is 1. The van der Waals surface area contributed by atoms with Crippen molar-refractivity contribution < 1.29 is 18.3 Å². The van der Waals surface area contributed by atoms with E-state index >= 15 is 0 Å². The fraction of sp³-hybridized carbons (Fsp3) is 0.214. The molecule has 0 aliphatic carbocycles. The standard InChI is InChI=1S/C14H15NO4S/c1-3-11-15(4-2)20(18,19)13-8-5-12(6-9-13)7-10-14(16)17/h1,5-10H,4,11H2,2H3,(H,16,17)/b10-7+. The Hall–Kier alpha value is -2.10. The molecule has 6 heteroatoms. The van der Waals surface area contributed by atoms with Crippen molar-refractivity contribution in [3.8, 4) is 12.3 Å². The molecule has 20 heavy (non-hydrogen) atoms. The van der Waals surface area contributed by atoms with E-state index < -0.39 is 16.0 Å². The maximum absolute atomic E-state index is 12.2. The maximum atomic E-state index is 12.2. The van der Waals surface area contributed by atoms with E-state index in [4.69, 9.17) is 11.5 Å². The normalized spacial score (nSPS) is 11.7. The molecule has 0 saturated carbocycles. The topological polar surface area (TPSA) is 74.7 Å². The fourth-order valence-corrected chi connectivity index (χ4v) is 2.90. The molecule has 0 saturated heterocycles. The number of hydrogen-bond acceptors (Lipinski definition) is 3. The third-order valence-corrected chi connectivity index (χ3v) is 4.49. The first-order valence-corrected chi connectivity index (χ1v) is 7.30. The largest absolute Gasteiger partial charge is 0.478 e. The van der Waals surface area contributed by atoms with Gasteiger partial charge >= 0.3 is 5.97 Å². The Labute approximate surface area is 118 Å². The van der Waals surface area contributed by atoms with Crippen LogP contribution in [-0.2, 0) is 14.8 Å². The molecule has 0 atom stereocenters. The second-order valence-electron chi connectivity index (χ2n) is 3.88. The minimum Gasteiger partial charge on any atom is -0.478 e. The fourth-order valence-electron chi connectivity index (χ4n) is 1.54. The predicted octanol–water partition coefficient (Wildman–Crippen LogP) is 1.43. The van der Waals surface area contributed by atoms with Gasteiger partial charge in [0.2, 0.25) is 10.0 Å². The highest BCUT2D eigenvalue weighted by Gasteiger charge is 2.21. The summed E-state index contributed by atoms with van der Waals surface area (Å²) in [6.07, 6.45) is 7.52. The molecule has 0 aromatic heterocycles. The minimum atomic E-state index is -3.61. The highest BCUT2D eigenvalue weighted by atomic mass is 32.2. The molecule has 0 spiro atoms. The van der Waals surface area contributed by atoms with Gasteiger partial charge < -0.3 is 5.11 Å². The Bertz CT molecular complexity index is 639. The van der Waals surface area contributed by atoms with Gasteiger partial charge in [-0.05, 0) is 23.8 Å². The molecule has 1 aromatic carbocycles. The molecule has 0 aliphatic heterocycles. The molecule has 0 unspecified atom stereocenters. The highest BCUT2D eigenvalue weighted by molar-refractivity contribution is 7.89. The Morgan fingerprint density at radius 3 is 2.45 bits per heavy atom. The lowest BCUT2D eigenvalue weighted by Crippen LogP contribution is -2.31. The molecule has 106 valence electrons. The first-order valence-electron chi connectivity index (χ1n) is 5.86. The van der Waals surface area contributed by atoms with Gasteiger partial charge in [0, 0.05) is 12.6 Å². The van der Waals surface area contributed by atoms with Gasteiger partial charge in [-0.1, -0.05) is 25.0 Å². The molecule has 0 amide bonds. The van der Waals surface area contributed by atoms with Crippen LogP contribution in [0.3, 0.4) is 0 Å². The number of hydrogen-bond donors (Lipinski definition) is 1. The Balaban J connectivity index is 3.04. The van der Waals surface area contributed by atoms with Crippen molar-refractivity contribution in [1.29, 1.82) is 0 Å². The SMILES string of the molecule is C#CCN(CC)S(=O)(=O)c1ccc(/C=C/C(=O)O)cc1. The molecule has 0 bridgehead atoms. The lowest BCUT2D eigenvalue weighted by atomic mass is 10.2. The summed E-state index contributed by atoms with van der Waals surface area (Å²) in [5.41, 5.74) is 0.603. The van der Waals surface area contributed by atoms with Gasteiger partial charge in [-0.15, -0.1) is 6.42 Å². The Morgan fingerprint density at radius 1 is 1.40 bits per heavy atom. The van der Waals surface area contributed by atoms with Crippen molar-refractivity contribution in [2.75, 3.05) is 13.1 Å². The van der Waals surface area contributed by atoms with E-state index in [1.807, 2.05) is 0 Å². The van der Waals surface area contributed by atoms with Crippen molar-refractivity contribution >= 4 is 22.1 Å². The molecule has 0 fully saturated rings. The van der Waals surface area contributed by atoms with Crippen molar-refractivity contribution in [2.24, 2.45) is 0 Å². The number of carboxylic acids is 1. The summed E-state index contributed by atoms with van der Waals surface area (Å²) in [7, 11) is -3.61. The van der Waals surface area contributed by atoms with E-state index in [1.165, 1.54) is 34.6 Å². The third kappa shape index (κ3) is 3.95. The molecule has 0 aliphatic rings. The van der Waals surface area contributed by atoms with Crippen LogP contribution in [0.2, 0.25) is 0 Å². The number of carbonyl (C=O) groups is 1. The zero-order valence-corrected chi connectivity index (χ0v) is 11.8. The van der Waals surface area contributed by atoms with Crippen LogP contribution in [0.5, 0.6) is 0 Å². The number of benzene rings is 1. The van der Waals surface area contributed by atoms with Crippen LogP contribution in [0.1, 0.15) is 12.5 Å². The first kappa shape index (κ1) is 16.0. The average Bonchev–Trinajstić information content (AvgIpc) is 2.42. The lowest BCUT2D eigenvalue weighted by molar-refractivity contribution is -0.131. The number of terminal acetylenes is 1. The van der Waals surface area contributed by atoms with Gasteiger partial charge in [0.25, 0.3) is 0 Å². The highest BCUT2D eigenvalue weighted by Crippen LogP contribution is 2.16. The number of carboxylic acid groups (broad SMARTS) is 1. The molecule has 0 heterocycles. The van der Waals surface area contributed by atoms with E-state index in [1.54, 1.807) is 6.92 Å². The van der Waals surface area contributed by atoms with Crippen LogP contribution in [0.15, 0.2) is 35.2 Å². The number of aliphatic carboxylic acids is 1. The Kier molecular flexibility index (Phi) is 5.50. The van der Waals surface area contributed by atoms with Gasteiger partial charge in [0.1, 0.15) is 0 Å². The summed E-state index contributed by atoms with van der Waals surface area (Å²) in [6.45, 7) is 2.01. The van der Waals surface area contributed by atoms with Crippen LogP contribution in [0.4, 0.5) is 0 Å². The summed E-state index contributed by atoms with van der Waals surface area (Å²) in [5, 5.41) is 8.51. The molecule has 0 radical (unpaired) electrons. The molecular formula is C14H15NO4S. The Morgan fingerprint density at radius 2 is 2.00 bits per heavy atom. The number of sulfonamides is 1. The third-order valence-electron chi connectivity index (χ3n) is 2.56. The molecular weight excluding hydrogens is 278 g/mol. The summed E-state index contributed by atoms with van der Waals surface area (Å²) in [4.78, 5) is 10.5. The second kappa shape index (κ2) is 6.89. The minimum absolute atomic E-state index is 0.0134. The molecule has 1 N–H and O–H groups in total. The van der Waals surface area contributed by atoms with Crippen LogP contribution in [0.25, 0.3) is 6.08 Å². The van der Waals surface area contributed by atoms with Gasteiger partial charge in [-0.3, -0.25) is 0 Å². The predicted molar refractivity (Wildman–Crippen MR) is 76.4 cm³/mol. The van der Waals surface area contributed by atoms with E-state index in [-0.39, 0.29) is 18.0 Å². The zero-order valence-electron chi connectivity index (χ0n) is 11.0. The van der Waals surface area contributed by atoms with Gasteiger partial charge in [-0.25, -0.2) is 13.2 Å². The van der Waals surface area contributed by atoms with Crippen molar-refractivity contribution in [2.45, 2.75) is 11.8 Å². The van der Waals surface area contributed by atoms with E-state index in [0.717, 1.165) is 6.08 Å². The second-order valence-corrected chi connectivity index (χ2v) is 5.81. The summed E-state index contributed by atoms with van der Waals surface area (Å²) >= 11 is 0. The van der Waals surface area contributed by atoms with Crippen LogP contribution in [-0.4, -0.2) is 36.9 Å². The monoisotopic (exact) mass is 293 g/mol. The van der Waals surface area contributed by atoms with Crippen molar-refractivity contribution in [3.63, 3.8) is 0 Å². The van der Waals surface area contributed by atoms with E-state index in [2.05, 4.69) is 5.92 Å². The van der Waals surface area contributed by atoms with Gasteiger partial charge in [-0.2, -0.15) is 4.31 Å². The number of rotatable bonds is 6. The van der Waals surface area contributed by atoms with Crippen LogP contribution in [0, 0.1) is 12.3 Å². The zero-order chi connectivity index (χ0) is 15.2. The van der Waals surface area contributed by atoms with Gasteiger partial charge in [0.05, 0.1) is 11.4 Å². The van der Waals surface area contributed by atoms with E-state index in [0.29, 0.717) is 5.56 Å². The summed E-state index contributed by atoms with van der Waals surface area (Å²) in [5.74, 6) is 1.25.